The van der Waals surface area contributed by atoms with E-state index in [4.69, 9.17) is 9.84 Å². The number of aromatic carboxylic acids is 1. The number of morpholine rings is 1. The third-order valence-corrected chi connectivity index (χ3v) is 4.87. The fourth-order valence-corrected chi connectivity index (χ4v) is 3.96. The Bertz CT molecular complexity index is 638. The summed E-state index contributed by atoms with van der Waals surface area (Å²) in [5, 5.41) is 23.5. The number of nitrogens with one attached hydrogen (secondary N) is 1. The van der Waals surface area contributed by atoms with Gasteiger partial charge in [-0.1, -0.05) is 0 Å². The van der Waals surface area contributed by atoms with Crippen molar-refractivity contribution < 1.29 is 28.2 Å². The summed E-state index contributed by atoms with van der Waals surface area (Å²) in [4.78, 5) is 11.1. The van der Waals surface area contributed by atoms with Gasteiger partial charge in [-0.15, -0.1) is 0 Å². The van der Waals surface area contributed by atoms with Crippen molar-refractivity contribution in [2.75, 3.05) is 19.7 Å². The van der Waals surface area contributed by atoms with Gasteiger partial charge in [0.25, 0.3) is 10.0 Å². The van der Waals surface area contributed by atoms with E-state index in [2.05, 4.69) is 10.2 Å². The van der Waals surface area contributed by atoms with Crippen molar-refractivity contribution in [1.29, 1.82) is 0 Å². The molecule has 10 heteroatoms. The van der Waals surface area contributed by atoms with Crippen LogP contribution in [0.25, 0.3) is 0 Å². The molecule has 1 aliphatic rings. The highest BCUT2D eigenvalue weighted by Gasteiger charge is 2.41. The number of aliphatic hydroxyl groups excluding tert-OH is 1. The summed E-state index contributed by atoms with van der Waals surface area (Å²) in [5.41, 5.74) is -1.21. The lowest BCUT2D eigenvalue weighted by Gasteiger charge is -2.41. The monoisotopic (exact) mass is 319 g/mol. The zero-order valence-corrected chi connectivity index (χ0v) is 12.4. The summed E-state index contributed by atoms with van der Waals surface area (Å²) in [6, 6.07) is 0. The van der Waals surface area contributed by atoms with Crippen LogP contribution in [0, 0.1) is 0 Å². The summed E-state index contributed by atoms with van der Waals surface area (Å²) in [6.07, 6.45) is 0.282. The smallest absolute Gasteiger partial charge is 0.340 e. The number of aromatic nitrogens is 2. The molecule has 1 fully saturated rings. The van der Waals surface area contributed by atoms with Gasteiger partial charge in [0, 0.05) is 13.1 Å². The minimum Gasteiger partial charge on any atom is -0.478 e. The highest BCUT2D eigenvalue weighted by molar-refractivity contribution is 7.89. The Morgan fingerprint density at radius 2 is 2.29 bits per heavy atom. The van der Waals surface area contributed by atoms with E-state index in [1.54, 1.807) is 13.8 Å². The number of rotatable bonds is 4. The van der Waals surface area contributed by atoms with E-state index in [-0.39, 0.29) is 19.7 Å². The predicted octanol–water partition coefficient (Wildman–Crippen LogP) is -0.732. The lowest BCUT2D eigenvalue weighted by molar-refractivity contribution is -0.131. The molecule has 21 heavy (non-hydrogen) atoms. The van der Waals surface area contributed by atoms with Crippen molar-refractivity contribution in [2.24, 2.45) is 0 Å². The number of ether oxygens (including phenoxy) is 1. The number of carboxylic acids is 1. The van der Waals surface area contributed by atoms with Crippen molar-refractivity contribution >= 4 is 16.0 Å². The maximum absolute atomic E-state index is 12.6. The average molecular weight is 319 g/mol. The van der Waals surface area contributed by atoms with Crippen LogP contribution >= 0.6 is 0 Å². The Hall–Kier alpha value is -1.49. The molecule has 1 aliphatic heterocycles. The fraction of sp³-hybridized carbons (Fsp3) is 0.636. The molecule has 0 aliphatic carbocycles. The lowest BCUT2D eigenvalue weighted by Crippen LogP contribution is -2.55. The van der Waals surface area contributed by atoms with Gasteiger partial charge in [-0.25, -0.2) is 13.2 Å². The largest absolute Gasteiger partial charge is 0.478 e. The number of carboxylic acid groups (broad SMARTS) is 1. The van der Waals surface area contributed by atoms with Crippen LogP contribution < -0.4 is 0 Å². The fourth-order valence-electron chi connectivity index (χ4n) is 2.27. The van der Waals surface area contributed by atoms with Crippen molar-refractivity contribution in [2.45, 2.75) is 30.6 Å². The quantitative estimate of drug-likeness (QED) is 0.666. The van der Waals surface area contributed by atoms with E-state index in [1.165, 1.54) is 0 Å². The summed E-state index contributed by atoms with van der Waals surface area (Å²) in [6.45, 7) is 3.05. The third-order valence-electron chi connectivity index (χ3n) is 3.09. The van der Waals surface area contributed by atoms with Gasteiger partial charge < -0.3 is 14.9 Å². The van der Waals surface area contributed by atoms with Crippen molar-refractivity contribution in [1.82, 2.24) is 14.5 Å². The van der Waals surface area contributed by atoms with Crippen LogP contribution in [-0.4, -0.2) is 70.5 Å². The van der Waals surface area contributed by atoms with Gasteiger partial charge in [0.15, 0.2) is 5.03 Å². The average Bonchev–Trinajstić information content (AvgIpc) is 2.86. The van der Waals surface area contributed by atoms with Crippen molar-refractivity contribution in [3.8, 4) is 0 Å². The molecule has 1 unspecified atom stereocenters. The Kier molecular flexibility index (Phi) is 4.06. The topological polar surface area (TPSA) is 133 Å². The second kappa shape index (κ2) is 5.37. The number of carbonyl (C=O) groups is 1. The first-order chi connectivity index (χ1) is 9.67. The van der Waals surface area contributed by atoms with Gasteiger partial charge in [-0.3, -0.25) is 5.10 Å². The molecule has 0 saturated carbocycles. The zero-order chi connectivity index (χ0) is 15.8. The molecular weight excluding hydrogens is 302 g/mol. The molecule has 0 bridgehead atoms. The van der Waals surface area contributed by atoms with Crippen LogP contribution in [0.15, 0.2) is 11.2 Å². The number of H-pyrrole nitrogens is 1. The zero-order valence-electron chi connectivity index (χ0n) is 11.6. The minimum atomic E-state index is -4.07. The second-order valence-corrected chi connectivity index (χ2v) is 7.27. The van der Waals surface area contributed by atoms with Gasteiger partial charge in [0.2, 0.25) is 0 Å². The number of nitrogens with zero attached hydrogens (tertiary/aromatic N) is 2. The van der Waals surface area contributed by atoms with E-state index >= 15 is 0 Å². The molecule has 9 nitrogen and oxygen atoms in total. The summed E-state index contributed by atoms with van der Waals surface area (Å²) in [7, 11) is -4.07. The molecule has 1 atom stereocenters. The van der Waals surface area contributed by atoms with Gasteiger partial charge in [0.05, 0.1) is 24.5 Å². The molecule has 0 aromatic carbocycles. The van der Waals surface area contributed by atoms with Gasteiger partial charge in [-0.05, 0) is 13.8 Å². The molecule has 3 N–H and O–H groups in total. The molecule has 1 aromatic rings. The second-order valence-electron chi connectivity index (χ2n) is 5.40. The molecule has 1 saturated heterocycles. The normalized spacial score (nSPS) is 23.1. The third kappa shape index (κ3) is 3.07. The van der Waals surface area contributed by atoms with Gasteiger partial charge in [-0.2, -0.15) is 9.40 Å². The van der Waals surface area contributed by atoms with Crippen LogP contribution in [0.1, 0.15) is 24.2 Å². The minimum absolute atomic E-state index is 0.0455. The Balaban J connectivity index is 2.39. The molecule has 0 amide bonds. The Morgan fingerprint density at radius 3 is 2.86 bits per heavy atom. The summed E-state index contributed by atoms with van der Waals surface area (Å²) in [5.74, 6) is -1.38. The Morgan fingerprint density at radius 1 is 1.62 bits per heavy atom. The summed E-state index contributed by atoms with van der Waals surface area (Å²) >= 11 is 0. The number of aliphatic hydroxyl groups is 1. The molecular formula is C11H17N3O6S. The number of sulfonamides is 1. The maximum Gasteiger partial charge on any atom is 0.340 e. The molecule has 0 spiro atoms. The predicted molar refractivity (Wildman–Crippen MR) is 70.3 cm³/mol. The van der Waals surface area contributed by atoms with E-state index in [9.17, 15) is 18.3 Å². The van der Waals surface area contributed by atoms with Gasteiger partial charge >= 0.3 is 5.97 Å². The van der Waals surface area contributed by atoms with E-state index in [0.29, 0.717) is 0 Å². The maximum atomic E-state index is 12.6. The molecule has 2 heterocycles. The Labute approximate surface area is 121 Å². The van der Waals surface area contributed by atoms with Crippen LogP contribution in [0.2, 0.25) is 0 Å². The highest BCUT2D eigenvalue weighted by atomic mass is 32.2. The van der Waals surface area contributed by atoms with Crippen LogP contribution in [0.5, 0.6) is 0 Å². The summed E-state index contributed by atoms with van der Waals surface area (Å²) < 4.78 is 31.8. The van der Waals surface area contributed by atoms with Crippen LogP contribution in [0.4, 0.5) is 0 Å². The molecule has 2 rings (SSSR count). The molecule has 1 aromatic heterocycles. The standard InChI is InChI=1S/C11H17N3O6S/c1-11(2)6-14(4-7(5-15)20-11)21(18,19)9-8(10(16)17)3-12-13-9/h3,7,15H,4-6H2,1-2H3,(H,12,13)(H,16,17). The van der Waals surface area contributed by atoms with E-state index < -0.39 is 38.3 Å². The first kappa shape index (κ1) is 15.9. The molecule has 0 radical (unpaired) electrons. The first-order valence-corrected chi connectivity index (χ1v) is 7.67. The highest BCUT2D eigenvalue weighted by Crippen LogP contribution is 2.26. The van der Waals surface area contributed by atoms with E-state index in [0.717, 1.165) is 10.5 Å². The first-order valence-electron chi connectivity index (χ1n) is 6.23. The molecule has 118 valence electrons. The SMILES string of the molecule is CC1(C)CN(S(=O)(=O)c2[nH]ncc2C(=O)O)CC(CO)O1. The van der Waals surface area contributed by atoms with E-state index in [1.807, 2.05) is 0 Å². The van der Waals surface area contributed by atoms with Crippen molar-refractivity contribution in [3.63, 3.8) is 0 Å². The van der Waals surface area contributed by atoms with Crippen LogP contribution in [0.3, 0.4) is 0 Å². The lowest BCUT2D eigenvalue weighted by atomic mass is 10.1. The number of hydrogen-bond acceptors (Lipinski definition) is 6. The van der Waals surface area contributed by atoms with Gasteiger partial charge in [0.1, 0.15) is 5.56 Å². The van der Waals surface area contributed by atoms with Crippen molar-refractivity contribution in [3.05, 3.63) is 11.8 Å². The number of hydrogen-bond donors (Lipinski definition) is 3. The number of aromatic amines is 1. The van der Waals surface area contributed by atoms with Crippen LogP contribution in [-0.2, 0) is 14.8 Å².